The number of benzene rings is 2. The monoisotopic (exact) mass is 425 g/mol. The second-order valence-corrected chi connectivity index (χ2v) is 9.32. The zero-order chi connectivity index (χ0) is 21.6. The molecule has 30 heavy (non-hydrogen) atoms. The third-order valence-electron chi connectivity index (χ3n) is 5.66. The summed E-state index contributed by atoms with van der Waals surface area (Å²) >= 11 is 6.02. The molecule has 2 aliphatic rings. The maximum absolute atomic E-state index is 13.0. The number of amides is 1. The molecule has 156 valence electrons. The Balaban J connectivity index is 1.79. The first-order chi connectivity index (χ1) is 14.2. The van der Waals surface area contributed by atoms with Crippen molar-refractivity contribution in [1.82, 2.24) is 5.32 Å². The van der Waals surface area contributed by atoms with Crippen molar-refractivity contribution >= 4 is 28.9 Å². The van der Waals surface area contributed by atoms with Crippen LogP contribution in [0.5, 0.6) is 0 Å². The van der Waals surface area contributed by atoms with Gasteiger partial charge in [0.15, 0.2) is 0 Å². The van der Waals surface area contributed by atoms with Gasteiger partial charge in [-0.05, 0) is 56.4 Å². The Morgan fingerprint density at radius 3 is 2.73 bits per heavy atom. The van der Waals surface area contributed by atoms with Crippen molar-refractivity contribution in [3.8, 4) is 0 Å². The van der Waals surface area contributed by atoms with Crippen molar-refractivity contribution < 1.29 is 9.72 Å². The molecule has 2 aromatic carbocycles. The van der Waals surface area contributed by atoms with E-state index in [1.54, 1.807) is 6.07 Å². The standard InChI is InChI=1S/C23H24ClN3O3/c1-23(2,3)26-22(28)17-9-5-8-16-14-6-4-7-15(14)20(25-21(16)17)13-10-11-18(24)19(12-13)27(29)30/h4-6,8-12,14-15,20,25H,7H2,1-3H3,(H,26,28). The predicted octanol–water partition coefficient (Wildman–Crippen LogP) is 5.60. The number of nitro groups is 1. The van der Waals surface area contributed by atoms with Gasteiger partial charge in [0.2, 0.25) is 0 Å². The summed E-state index contributed by atoms with van der Waals surface area (Å²) in [4.78, 5) is 23.9. The van der Waals surface area contributed by atoms with Crippen LogP contribution in [0.25, 0.3) is 0 Å². The number of allylic oxidation sites excluding steroid dienone is 2. The molecular weight excluding hydrogens is 402 g/mol. The van der Waals surface area contributed by atoms with Crippen LogP contribution in [-0.4, -0.2) is 16.4 Å². The molecule has 0 saturated carbocycles. The first-order valence-corrected chi connectivity index (χ1v) is 10.4. The van der Waals surface area contributed by atoms with Crippen LogP contribution in [-0.2, 0) is 0 Å². The highest BCUT2D eigenvalue weighted by atomic mass is 35.5. The summed E-state index contributed by atoms with van der Waals surface area (Å²) in [7, 11) is 0. The summed E-state index contributed by atoms with van der Waals surface area (Å²) in [6.07, 6.45) is 5.18. The lowest BCUT2D eigenvalue weighted by molar-refractivity contribution is -0.384. The quantitative estimate of drug-likeness (QED) is 0.380. The minimum absolute atomic E-state index is 0.108. The zero-order valence-corrected chi connectivity index (χ0v) is 17.9. The number of nitrogens with zero attached hydrogens (tertiary/aromatic N) is 1. The van der Waals surface area contributed by atoms with Gasteiger partial charge in [-0.3, -0.25) is 14.9 Å². The third kappa shape index (κ3) is 3.67. The molecule has 0 radical (unpaired) electrons. The van der Waals surface area contributed by atoms with Crippen molar-refractivity contribution in [3.63, 3.8) is 0 Å². The van der Waals surface area contributed by atoms with Gasteiger partial charge in [0, 0.05) is 17.5 Å². The normalized spacial score (nSPS) is 22.1. The van der Waals surface area contributed by atoms with Gasteiger partial charge >= 0.3 is 0 Å². The Bertz CT molecular complexity index is 1060. The van der Waals surface area contributed by atoms with E-state index < -0.39 is 4.92 Å². The van der Waals surface area contributed by atoms with E-state index in [-0.39, 0.29) is 40.0 Å². The molecule has 0 fully saturated rings. The molecular formula is C23H24ClN3O3. The first-order valence-electron chi connectivity index (χ1n) is 9.98. The summed E-state index contributed by atoms with van der Waals surface area (Å²) < 4.78 is 0. The second-order valence-electron chi connectivity index (χ2n) is 8.92. The average Bonchev–Trinajstić information content (AvgIpc) is 3.16. The minimum Gasteiger partial charge on any atom is -0.377 e. The van der Waals surface area contributed by atoms with Gasteiger partial charge in [-0.1, -0.05) is 42.0 Å². The van der Waals surface area contributed by atoms with E-state index in [2.05, 4.69) is 22.8 Å². The Labute approximate surface area is 180 Å². The lowest BCUT2D eigenvalue weighted by atomic mass is 9.76. The maximum Gasteiger partial charge on any atom is 0.288 e. The SMILES string of the molecule is CC(C)(C)NC(=O)c1cccc2c1NC(c1ccc(Cl)c([N+](=O)[O-])c1)C1CC=CC21. The van der Waals surface area contributed by atoms with Gasteiger partial charge in [0.05, 0.1) is 22.2 Å². The molecule has 3 atom stereocenters. The van der Waals surface area contributed by atoms with Crippen molar-refractivity contribution in [2.45, 2.75) is 44.7 Å². The Morgan fingerprint density at radius 2 is 2.03 bits per heavy atom. The van der Waals surface area contributed by atoms with Gasteiger partial charge in [0.25, 0.3) is 11.6 Å². The molecule has 1 heterocycles. The maximum atomic E-state index is 13.0. The highest BCUT2D eigenvalue weighted by Crippen LogP contribution is 2.51. The minimum atomic E-state index is -0.463. The molecule has 0 bridgehead atoms. The molecule has 1 amide bonds. The number of carbonyl (C=O) groups excluding carboxylic acids is 1. The molecule has 0 saturated heterocycles. The fourth-order valence-electron chi connectivity index (χ4n) is 4.41. The van der Waals surface area contributed by atoms with E-state index in [0.717, 1.165) is 23.2 Å². The number of hydrogen-bond donors (Lipinski definition) is 2. The number of nitrogens with one attached hydrogen (secondary N) is 2. The first kappa shape index (κ1) is 20.4. The van der Waals surface area contributed by atoms with Gasteiger partial charge in [-0.15, -0.1) is 0 Å². The largest absolute Gasteiger partial charge is 0.377 e. The van der Waals surface area contributed by atoms with Crippen LogP contribution < -0.4 is 10.6 Å². The zero-order valence-electron chi connectivity index (χ0n) is 17.1. The molecule has 7 heteroatoms. The fraction of sp³-hybridized carbons (Fsp3) is 0.348. The van der Waals surface area contributed by atoms with E-state index in [1.165, 1.54) is 6.07 Å². The van der Waals surface area contributed by atoms with Crippen LogP contribution in [0, 0.1) is 16.0 Å². The van der Waals surface area contributed by atoms with Gasteiger partial charge in [0.1, 0.15) is 5.02 Å². The van der Waals surface area contributed by atoms with Crippen LogP contribution in [0.2, 0.25) is 5.02 Å². The third-order valence-corrected chi connectivity index (χ3v) is 5.98. The topological polar surface area (TPSA) is 84.3 Å². The van der Waals surface area contributed by atoms with E-state index >= 15 is 0 Å². The number of carbonyl (C=O) groups is 1. The molecule has 6 nitrogen and oxygen atoms in total. The van der Waals surface area contributed by atoms with E-state index in [1.807, 2.05) is 45.0 Å². The second kappa shape index (κ2) is 7.43. The summed E-state index contributed by atoms with van der Waals surface area (Å²) in [6.45, 7) is 5.83. The highest BCUT2D eigenvalue weighted by molar-refractivity contribution is 6.32. The number of fused-ring (bicyclic) bond motifs is 3. The van der Waals surface area contributed by atoms with Gasteiger partial charge < -0.3 is 10.6 Å². The van der Waals surface area contributed by atoms with Crippen LogP contribution in [0.1, 0.15) is 60.6 Å². The lowest BCUT2D eigenvalue weighted by Gasteiger charge is -2.38. The van der Waals surface area contributed by atoms with Crippen LogP contribution in [0.15, 0.2) is 48.6 Å². The van der Waals surface area contributed by atoms with E-state index in [0.29, 0.717) is 5.56 Å². The molecule has 0 aromatic heterocycles. The molecule has 2 N–H and O–H groups in total. The number of rotatable bonds is 3. The number of nitro benzene ring substituents is 1. The van der Waals surface area contributed by atoms with Gasteiger partial charge in [-0.25, -0.2) is 0 Å². The predicted molar refractivity (Wildman–Crippen MR) is 118 cm³/mol. The summed E-state index contributed by atoms with van der Waals surface area (Å²) in [5.74, 6) is 0.204. The van der Waals surface area contributed by atoms with Crippen molar-refractivity contribution in [3.05, 3.63) is 80.4 Å². The summed E-state index contributed by atoms with van der Waals surface area (Å²) in [5, 5.41) is 18.1. The fourth-order valence-corrected chi connectivity index (χ4v) is 4.60. The molecule has 1 aliphatic carbocycles. The Kier molecular flexibility index (Phi) is 5.06. The number of hydrogen-bond acceptors (Lipinski definition) is 4. The molecule has 3 unspecified atom stereocenters. The lowest BCUT2D eigenvalue weighted by Crippen LogP contribution is -2.41. The van der Waals surface area contributed by atoms with Crippen molar-refractivity contribution in [2.75, 3.05) is 5.32 Å². The molecule has 0 spiro atoms. The van der Waals surface area contributed by atoms with Crippen molar-refractivity contribution in [1.29, 1.82) is 0 Å². The average molecular weight is 426 g/mol. The number of halogens is 1. The Hall–Kier alpha value is -2.86. The number of para-hydroxylation sites is 1. The van der Waals surface area contributed by atoms with Crippen molar-refractivity contribution in [2.24, 2.45) is 5.92 Å². The van der Waals surface area contributed by atoms with Crippen LogP contribution in [0.4, 0.5) is 11.4 Å². The molecule has 4 rings (SSSR count). The van der Waals surface area contributed by atoms with Crippen LogP contribution >= 0.6 is 11.6 Å². The van der Waals surface area contributed by atoms with E-state index in [9.17, 15) is 14.9 Å². The summed E-state index contributed by atoms with van der Waals surface area (Å²) in [5.41, 5.74) is 2.77. The number of anilines is 1. The van der Waals surface area contributed by atoms with Gasteiger partial charge in [-0.2, -0.15) is 0 Å². The smallest absolute Gasteiger partial charge is 0.288 e. The highest BCUT2D eigenvalue weighted by Gasteiger charge is 2.40. The summed E-state index contributed by atoms with van der Waals surface area (Å²) in [6, 6.07) is 10.5. The molecule has 2 aromatic rings. The Morgan fingerprint density at radius 1 is 1.27 bits per heavy atom. The van der Waals surface area contributed by atoms with Crippen LogP contribution in [0.3, 0.4) is 0 Å². The molecule has 1 aliphatic heterocycles. The van der Waals surface area contributed by atoms with E-state index in [4.69, 9.17) is 11.6 Å².